The lowest BCUT2D eigenvalue weighted by Gasteiger charge is -2.36. The molecule has 1 aliphatic carbocycles. The number of rotatable bonds is 5. The van der Waals surface area contributed by atoms with E-state index in [1.807, 2.05) is 6.92 Å². The van der Waals surface area contributed by atoms with Gasteiger partial charge in [0.1, 0.15) is 0 Å². The molecule has 1 saturated carbocycles. The Labute approximate surface area is 196 Å². The third-order valence-corrected chi connectivity index (χ3v) is 9.03. The second-order valence-corrected chi connectivity index (χ2v) is 11.3. The Hall–Kier alpha value is -1.56. The van der Waals surface area contributed by atoms with Crippen molar-refractivity contribution in [3.05, 3.63) is 63.1 Å². The predicted molar refractivity (Wildman–Crippen MR) is 134 cm³/mol. The van der Waals surface area contributed by atoms with E-state index in [1.165, 1.54) is 63.0 Å². The SMILES string of the molecule is CSc1cc(C)[nH]c(=O)c1Cc1ccccc1C1CCC(N2CC3CN(C)CC3C2)CC1. The van der Waals surface area contributed by atoms with Crippen LogP contribution >= 0.6 is 11.8 Å². The van der Waals surface area contributed by atoms with Gasteiger partial charge in [0.05, 0.1) is 0 Å². The van der Waals surface area contributed by atoms with Gasteiger partial charge in [-0.15, -0.1) is 11.8 Å². The van der Waals surface area contributed by atoms with E-state index in [-0.39, 0.29) is 5.56 Å². The summed E-state index contributed by atoms with van der Waals surface area (Å²) in [6, 6.07) is 11.8. The fraction of sp³-hybridized carbons (Fsp3) is 0.593. The van der Waals surface area contributed by atoms with Gasteiger partial charge in [-0.25, -0.2) is 0 Å². The molecule has 1 aromatic carbocycles. The molecule has 0 bridgehead atoms. The van der Waals surface area contributed by atoms with Gasteiger partial charge in [-0.05, 0) is 80.9 Å². The Morgan fingerprint density at radius 3 is 2.41 bits per heavy atom. The van der Waals surface area contributed by atoms with Crippen LogP contribution in [-0.4, -0.2) is 60.3 Å². The number of aromatic amines is 1. The maximum atomic E-state index is 12.7. The summed E-state index contributed by atoms with van der Waals surface area (Å²) < 4.78 is 0. The number of fused-ring (bicyclic) bond motifs is 1. The average Bonchev–Trinajstić information content (AvgIpc) is 3.33. The first kappa shape index (κ1) is 22.2. The van der Waals surface area contributed by atoms with Crippen LogP contribution < -0.4 is 5.56 Å². The van der Waals surface area contributed by atoms with E-state index in [9.17, 15) is 4.79 Å². The molecule has 3 aliphatic rings. The van der Waals surface area contributed by atoms with Gasteiger partial charge in [-0.1, -0.05) is 24.3 Å². The van der Waals surface area contributed by atoms with Crippen molar-refractivity contribution in [2.75, 3.05) is 39.5 Å². The van der Waals surface area contributed by atoms with E-state index >= 15 is 0 Å². The van der Waals surface area contributed by atoms with Crippen LogP contribution in [0.2, 0.25) is 0 Å². The molecule has 2 aliphatic heterocycles. The van der Waals surface area contributed by atoms with E-state index in [0.717, 1.165) is 40.5 Å². The van der Waals surface area contributed by atoms with E-state index in [0.29, 0.717) is 5.92 Å². The number of H-pyrrole nitrogens is 1. The van der Waals surface area contributed by atoms with Gasteiger partial charge in [0.15, 0.2) is 0 Å². The van der Waals surface area contributed by atoms with Gasteiger partial charge in [0.25, 0.3) is 5.56 Å². The molecule has 2 unspecified atom stereocenters. The second kappa shape index (κ2) is 9.36. The van der Waals surface area contributed by atoms with Crippen LogP contribution in [0.15, 0.2) is 40.0 Å². The first-order chi connectivity index (χ1) is 15.5. The van der Waals surface area contributed by atoms with Crippen molar-refractivity contribution in [1.82, 2.24) is 14.8 Å². The van der Waals surface area contributed by atoms with Gasteiger partial charge in [0, 0.05) is 54.8 Å². The standard InChI is InChI=1S/C27H37N3OS/c1-18-12-26(32-3)25(27(31)28-18)13-20-6-4-5-7-24(20)19-8-10-23(11-9-19)30-16-21-14-29(2)15-22(21)17-30/h4-7,12,19,21-23H,8-11,13-17H2,1-3H3,(H,28,31). The lowest BCUT2D eigenvalue weighted by molar-refractivity contribution is 0.163. The molecular weight excluding hydrogens is 414 g/mol. The van der Waals surface area contributed by atoms with Crippen LogP contribution in [0.4, 0.5) is 0 Å². The highest BCUT2D eigenvalue weighted by Crippen LogP contribution is 2.40. The van der Waals surface area contributed by atoms with Crippen molar-refractivity contribution >= 4 is 11.8 Å². The predicted octanol–water partition coefficient (Wildman–Crippen LogP) is 4.52. The summed E-state index contributed by atoms with van der Waals surface area (Å²) in [5, 5.41) is 0. The van der Waals surface area contributed by atoms with Crippen LogP contribution in [0.1, 0.15) is 54.0 Å². The minimum absolute atomic E-state index is 0.0677. The zero-order chi connectivity index (χ0) is 22.2. The number of pyridine rings is 1. The number of aryl methyl sites for hydroxylation is 1. The quantitative estimate of drug-likeness (QED) is 0.679. The van der Waals surface area contributed by atoms with Crippen LogP contribution in [0.3, 0.4) is 0 Å². The Balaban J connectivity index is 1.27. The number of benzene rings is 1. The lowest BCUT2D eigenvalue weighted by atomic mass is 9.79. The van der Waals surface area contributed by atoms with Gasteiger partial charge in [-0.2, -0.15) is 0 Å². The molecule has 3 fully saturated rings. The molecule has 1 N–H and O–H groups in total. The highest BCUT2D eigenvalue weighted by atomic mass is 32.2. The normalized spacial score (nSPS) is 28.8. The monoisotopic (exact) mass is 451 g/mol. The number of thioether (sulfide) groups is 1. The molecule has 4 nitrogen and oxygen atoms in total. The van der Waals surface area contributed by atoms with E-state index < -0.39 is 0 Å². The number of nitrogens with one attached hydrogen (secondary N) is 1. The maximum absolute atomic E-state index is 12.7. The fourth-order valence-corrected chi connectivity index (χ4v) is 7.34. The van der Waals surface area contributed by atoms with Crippen LogP contribution in [0.25, 0.3) is 0 Å². The van der Waals surface area contributed by atoms with Crippen molar-refractivity contribution in [3.8, 4) is 0 Å². The molecule has 2 atom stereocenters. The summed E-state index contributed by atoms with van der Waals surface area (Å²) in [4.78, 5) is 22.2. The third kappa shape index (κ3) is 4.44. The van der Waals surface area contributed by atoms with Gasteiger partial charge in [0.2, 0.25) is 0 Å². The largest absolute Gasteiger partial charge is 0.326 e. The molecule has 2 saturated heterocycles. The van der Waals surface area contributed by atoms with Gasteiger partial charge < -0.3 is 9.88 Å². The van der Waals surface area contributed by atoms with Gasteiger partial charge in [-0.3, -0.25) is 9.69 Å². The van der Waals surface area contributed by atoms with Crippen LogP contribution in [0.5, 0.6) is 0 Å². The molecule has 1 aromatic heterocycles. The average molecular weight is 452 g/mol. The van der Waals surface area contributed by atoms with E-state index in [1.54, 1.807) is 11.8 Å². The number of hydrogen-bond acceptors (Lipinski definition) is 4. The molecule has 2 aromatic rings. The summed E-state index contributed by atoms with van der Waals surface area (Å²) in [6.07, 6.45) is 7.96. The van der Waals surface area contributed by atoms with Crippen LogP contribution in [-0.2, 0) is 6.42 Å². The summed E-state index contributed by atoms with van der Waals surface area (Å²) in [7, 11) is 2.28. The first-order valence-corrected chi connectivity index (χ1v) is 13.5. The smallest absolute Gasteiger partial charge is 0.252 e. The summed E-state index contributed by atoms with van der Waals surface area (Å²) >= 11 is 1.68. The summed E-state index contributed by atoms with van der Waals surface area (Å²) in [5.74, 6) is 2.42. The Morgan fingerprint density at radius 2 is 1.72 bits per heavy atom. The van der Waals surface area contributed by atoms with Gasteiger partial charge >= 0.3 is 0 Å². The molecule has 3 heterocycles. The molecule has 32 heavy (non-hydrogen) atoms. The zero-order valence-electron chi connectivity index (χ0n) is 19.8. The molecule has 0 amide bonds. The van der Waals surface area contributed by atoms with Crippen LogP contribution in [0, 0.1) is 18.8 Å². The van der Waals surface area contributed by atoms with Crippen molar-refractivity contribution in [2.24, 2.45) is 11.8 Å². The molecule has 5 heteroatoms. The van der Waals surface area contributed by atoms with E-state index in [4.69, 9.17) is 0 Å². The number of hydrogen-bond donors (Lipinski definition) is 1. The lowest BCUT2D eigenvalue weighted by Crippen LogP contribution is -2.38. The second-order valence-electron chi connectivity index (χ2n) is 10.4. The molecule has 5 rings (SSSR count). The Morgan fingerprint density at radius 1 is 1.03 bits per heavy atom. The Bertz CT molecular complexity index is 996. The number of nitrogens with zero attached hydrogens (tertiary/aromatic N) is 2. The fourth-order valence-electron chi connectivity index (χ4n) is 6.63. The molecule has 0 spiro atoms. The summed E-state index contributed by atoms with van der Waals surface area (Å²) in [6.45, 7) is 7.17. The van der Waals surface area contributed by atoms with Crippen molar-refractivity contribution < 1.29 is 0 Å². The maximum Gasteiger partial charge on any atom is 0.252 e. The molecule has 0 radical (unpaired) electrons. The van der Waals surface area contributed by atoms with Crippen molar-refractivity contribution in [2.45, 2.75) is 55.9 Å². The summed E-state index contributed by atoms with van der Waals surface area (Å²) in [5.41, 5.74) is 4.72. The number of aromatic nitrogens is 1. The Kier molecular flexibility index (Phi) is 6.51. The molecular formula is C27H37N3OS. The number of likely N-dealkylation sites (tertiary alicyclic amines) is 2. The molecule has 172 valence electrons. The topological polar surface area (TPSA) is 39.3 Å². The minimum atomic E-state index is 0.0677. The highest BCUT2D eigenvalue weighted by molar-refractivity contribution is 7.98. The van der Waals surface area contributed by atoms with E-state index in [2.05, 4.69) is 58.4 Å². The zero-order valence-corrected chi connectivity index (χ0v) is 20.6. The third-order valence-electron chi connectivity index (χ3n) is 8.22. The van der Waals surface area contributed by atoms with Crippen molar-refractivity contribution in [3.63, 3.8) is 0 Å². The first-order valence-electron chi connectivity index (χ1n) is 12.3. The highest BCUT2D eigenvalue weighted by Gasteiger charge is 2.41. The van der Waals surface area contributed by atoms with Crippen molar-refractivity contribution in [1.29, 1.82) is 0 Å². The minimum Gasteiger partial charge on any atom is -0.326 e.